The van der Waals surface area contributed by atoms with Crippen LogP contribution >= 0.6 is 0 Å². The van der Waals surface area contributed by atoms with Crippen molar-refractivity contribution in [3.8, 4) is 0 Å². The lowest BCUT2D eigenvalue weighted by Gasteiger charge is -2.11. The summed E-state index contributed by atoms with van der Waals surface area (Å²) in [5, 5.41) is 0. The lowest BCUT2D eigenvalue weighted by molar-refractivity contribution is 1.10. The Balaban J connectivity index is 2.40. The van der Waals surface area contributed by atoms with Crippen LogP contribution in [0.4, 0.5) is 0 Å². The van der Waals surface area contributed by atoms with Crippen LogP contribution in [0, 0.1) is 0 Å². The minimum atomic E-state index is 0.771. The molecule has 2 aromatic rings. The lowest BCUT2D eigenvalue weighted by Crippen LogP contribution is -1.98. The average molecular weight is 383 g/mol. The second kappa shape index (κ2) is 10.9. The first-order chi connectivity index (χ1) is 14.1. The summed E-state index contributed by atoms with van der Waals surface area (Å²) in [7, 11) is 0. The standard InChI is InChI=1S/C27H30N2/c1-7-12-20(5)26-24(10-4)23(17-19-28-26)14-11-15-25-22(9-3)16-18-29-27(25)21(6)13-8-2/h7-8,10-13,15-19H,4-6,9,14H2,1-3H3/b12-7-,13-8-,15-11-. The first-order valence-corrected chi connectivity index (χ1v) is 9.95. The van der Waals surface area contributed by atoms with Crippen LogP contribution in [-0.2, 0) is 12.8 Å². The minimum Gasteiger partial charge on any atom is -0.256 e. The number of rotatable bonds is 9. The van der Waals surface area contributed by atoms with Crippen molar-refractivity contribution < 1.29 is 0 Å². The van der Waals surface area contributed by atoms with E-state index in [0.29, 0.717) is 0 Å². The Morgan fingerprint density at radius 3 is 1.97 bits per heavy atom. The third-order valence-corrected chi connectivity index (χ3v) is 4.71. The maximum atomic E-state index is 4.58. The molecule has 0 unspecified atom stereocenters. The lowest BCUT2D eigenvalue weighted by atomic mass is 9.97. The van der Waals surface area contributed by atoms with E-state index in [4.69, 9.17) is 0 Å². The summed E-state index contributed by atoms with van der Waals surface area (Å²) in [5.74, 6) is 0. The summed E-state index contributed by atoms with van der Waals surface area (Å²) >= 11 is 0. The molecular weight excluding hydrogens is 352 g/mol. The van der Waals surface area contributed by atoms with Gasteiger partial charge in [0.15, 0.2) is 0 Å². The van der Waals surface area contributed by atoms with Crippen LogP contribution in [0.3, 0.4) is 0 Å². The summed E-state index contributed by atoms with van der Waals surface area (Å²) in [6.45, 7) is 18.4. The average Bonchev–Trinajstić information content (AvgIpc) is 2.73. The fourth-order valence-electron chi connectivity index (χ4n) is 3.30. The highest BCUT2D eigenvalue weighted by atomic mass is 14.7. The summed E-state index contributed by atoms with van der Waals surface area (Å²) in [5.41, 5.74) is 8.20. The van der Waals surface area contributed by atoms with Gasteiger partial charge in [-0.15, -0.1) is 0 Å². The van der Waals surface area contributed by atoms with E-state index in [2.05, 4.69) is 54.8 Å². The van der Waals surface area contributed by atoms with Gasteiger partial charge in [0.2, 0.25) is 0 Å². The van der Waals surface area contributed by atoms with Crippen molar-refractivity contribution >= 4 is 23.3 Å². The second-order valence-corrected chi connectivity index (χ2v) is 6.68. The number of nitrogens with zero attached hydrogens (tertiary/aromatic N) is 2. The highest BCUT2D eigenvalue weighted by Crippen LogP contribution is 2.24. The Morgan fingerprint density at radius 1 is 0.897 bits per heavy atom. The van der Waals surface area contributed by atoms with Crippen molar-refractivity contribution in [2.24, 2.45) is 0 Å². The van der Waals surface area contributed by atoms with Crippen LogP contribution in [0.15, 0.2) is 74.6 Å². The number of aryl methyl sites for hydroxylation is 1. The molecule has 148 valence electrons. The summed E-state index contributed by atoms with van der Waals surface area (Å²) in [4.78, 5) is 9.08. The molecule has 2 rings (SSSR count). The SMILES string of the molecule is C=Cc1c(C/C=C\c2c(CC)ccnc2C(=C)/C=C\C)ccnc1C(=C)/C=C\C. The van der Waals surface area contributed by atoms with Crippen molar-refractivity contribution in [2.75, 3.05) is 0 Å². The molecule has 0 radical (unpaired) electrons. The topological polar surface area (TPSA) is 25.8 Å². The van der Waals surface area contributed by atoms with Gasteiger partial charge in [-0.3, -0.25) is 9.97 Å². The van der Waals surface area contributed by atoms with Crippen molar-refractivity contribution in [1.29, 1.82) is 0 Å². The highest BCUT2D eigenvalue weighted by Gasteiger charge is 2.09. The third-order valence-electron chi connectivity index (χ3n) is 4.71. The molecule has 2 heteroatoms. The van der Waals surface area contributed by atoms with Crippen LogP contribution in [0.5, 0.6) is 0 Å². The fourth-order valence-corrected chi connectivity index (χ4v) is 3.30. The summed E-state index contributed by atoms with van der Waals surface area (Å²) in [6, 6.07) is 4.12. The molecule has 2 aromatic heterocycles. The van der Waals surface area contributed by atoms with Gasteiger partial charge in [0, 0.05) is 23.5 Å². The first kappa shape index (κ1) is 22.0. The maximum absolute atomic E-state index is 4.58. The monoisotopic (exact) mass is 382 g/mol. The van der Waals surface area contributed by atoms with Gasteiger partial charge < -0.3 is 0 Å². The van der Waals surface area contributed by atoms with Gasteiger partial charge in [0.25, 0.3) is 0 Å². The molecule has 0 bridgehead atoms. The fraction of sp³-hybridized carbons (Fsp3) is 0.185. The van der Waals surface area contributed by atoms with E-state index in [1.54, 1.807) is 0 Å². The largest absolute Gasteiger partial charge is 0.256 e. The maximum Gasteiger partial charge on any atom is 0.0770 e. The van der Waals surface area contributed by atoms with E-state index in [0.717, 1.165) is 46.5 Å². The van der Waals surface area contributed by atoms with Gasteiger partial charge in [-0.2, -0.15) is 0 Å². The van der Waals surface area contributed by atoms with Crippen LogP contribution in [0.25, 0.3) is 23.3 Å². The molecule has 0 fully saturated rings. The smallest absolute Gasteiger partial charge is 0.0770 e. The zero-order valence-corrected chi connectivity index (χ0v) is 17.8. The molecule has 29 heavy (non-hydrogen) atoms. The highest BCUT2D eigenvalue weighted by molar-refractivity contribution is 5.78. The van der Waals surface area contributed by atoms with Crippen molar-refractivity contribution in [3.63, 3.8) is 0 Å². The van der Waals surface area contributed by atoms with Gasteiger partial charge >= 0.3 is 0 Å². The number of pyridine rings is 2. The zero-order chi connectivity index (χ0) is 21.2. The van der Waals surface area contributed by atoms with Crippen LogP contribution < -0.4 is 0 Å². The van der Waals surface area contributed by atoms with Crippen molar-refractivity contribution in [2.45, 2.75) is 33.6 Å². The number of hydrogen-bond acceptors (Lipinski definition) is 2. The molecule has 2 heterocycles. The summed E-state index contributed by atoms with van der Waals surface area (Å²) in [6.07, 6.45) is 19.5. The van der Waals surface area contributed by atoms with Gasteiger partial charge in [-0.1, -0.05) is 69.2 Å². The second-order valence-electron chi connectivity index (χ2n) is 6.68. The van der Waals surface area contributed by atoms with Gasteiger partial charge in [0.1, 0.15) is 0 Å². The van der Waals surface area contributed by atoms with E-state index >= 15 is 0 Å². The molecule has 0 aromatic carbocycles. The molecule has 0 spiro atoms. The van der Waals surface area contributed by atoms with Crippen molar-refractivity contribution in [3.05, 3.63) is 108 Å². The number of allylic oxidation sites excluding steroid dienone is 7. The molecule has 0 aliphatic heterocycles. The third kappa shape index (κ3) is 5.39. The normalized spacial score (nSPS) is 11.6. The molecule has 0 N–H and O–H groups in total. The van der Waals surface area contributed by atoms with E-state index < -0.39 is 0 Å². The molecule has 2 nitrogen and oxygen atoms in total. The van der Waals surface area contributed by atoms with E-state index in [-0.39, 0.29) is 0 Å². The molecular formula is C27H30N2. The van der Waals surface area contributed by atoms with E-state index in [1.807, 2.05) is 62.7 Å². The van der Waals surface area contributed by atoms with Gasteiger partial charge in [-0.05, 0) is 61.1 Å². The molecule has 0 amide bonds. The Hall–Kier alpha value is -3.26. The number of hydrogen-bond donors (Lipinski definition) is 0. The Labute approximate surface area is 175 Å². The number of aromatic nitrogens is 2. The quantitative estimate of drug-likeness (QED) is 0.432. The van der Waals surface area contributed by atoms with Crippen LogP contribution in [0.2, 0.25) is 0 Å². The van der Waals surface area contributed by atoms with Crippen LogP contribution in [-0.4, -0.2) is 9.97 Å². The van der Waals surface area contributed by atoms with Crippen LogP contribution in [0.1, 0.15) is 54.4 Å². The molecule has 0 aliphatic carbocycles. The molecule has 0 saturated heterocycles. The van der Waals surface area contributed by atoms with Gasteiger partial charge in [0.05, 0.1) is 11.4 Å². The Morgan fingerprint density at radius 2 is 1.45 bits per heavy atom. The van der Waals surface area contributed by atoms with E-state index in [9.17, 15) is 0 Å². The predicted molar refractivity (Wildman–Crippen MR) is 128 cm³/mol. The molecule has 0 aliphatic rings. The van der Waals surface area contributed by atoms with E-state index in [1.165, 1.54) is 11.1 Å². The predicted octanol–water partition coefficient (Wildman–Crippen LogP) is 7.12. The van der Waals surface area contributed by atoms with Crippen molar-refractivity contribution in [1.82, 2.24) is 9.97 Å². The molecule has 0 atom stereocenters. The zero-order valence-electron chi connectivity index (χ0n) is 17.8. The molecule has 0 saturated carbocycles. The Bertz CT molecular complexity index is 988. The minimum absolute atomic E-state index is 0.771. The Kier molecular flexibility index (Phi) is 8.29. The van der Waals surface area contributed by atoms with Gasteiger partial charge in [-0.25, -0.2) is 0 Å². The first-order valence-electron chi connectivity index (χ1n) is 9.95. The summed E-state index contributed by atoms with van der Waals surface area (Å²) < 4.78 is 0.